The van der Waals surface area contributed by atoms with E-state index >= 15 is 0 Å². The van der Waals surface area contributed by atoms with Gasteiger partial charge >= 0.3 is 11.9 Å². The number of phenols is 2. The first-order chi connectivity index (χ1) is 69.3. The zero-order chi connectivity index (χ0) is 105. The number of hydrogen-bond donors (Lipinski definition) is 22. The van der Waals surface area contributed by atoms with Crippen LogP contribution in [0.2, 0.25) is 0 Å². The Balaban J connectivity index is 0.000000168. The van der Waals surface area contributed by atoms with Crippen molar-refractivity contribution in [3.63, 3.8) is 0 Å². The number of nitrogens with zero attached hydrogens (tertiary/aromatic N) is 21. The maximum Gasteiger partial charge on any atom is 0.335 e. The summed E-state index contributed by atoms with van der Waals surface area (Å²) in [4.78, 5) is 61.3. The summed E-state index contributed by atoms with van der Waals surface area (Å²) >= 11 is 5.30. The van der Waals surface area contributed by atoms with Crippen molar-refractivity contribution in [2.75, 3.05) is 5.73 Å². The molecule has 0 atom stereocenters. The minimum atomic E-state index is -4.51. The van der Waals surface area contributed by atoms with Gasteiger partial charge in [-0.25, -0.2) is 18.7 Å². The van der Waals surface area contributed by atoms with Crippen molar-refractivity contribution < 1.29 is 109 Å². The van der Waals surface area contributed by atoms with Gasteiger partial charge in [-0.15, -0.1) is 40.9 Å². The Kier molecular flexibility index (Phi) is 31.4. The fourth-order valence-electron chi connectivity index (χ4n) is 13.9. The molecular formula is C93H73ClN22O25S5. The summed E-state index contributed by atoms with van der Waals surface area (Å²) in [5.74, 6) is -4.76. The minimum absolute atomic E-state index is 0.00783. The molecule has 0 radical (unpaired) electrons. The van der Waals surface area contributed by atoms with Crippen LogP contribution in [0.25, 0.3) is 65.6 Å². The number of carboxylic acid groups (broad SMARTS) is 2. The van der Waals surface area contributed by atoms with Gasteiger partial charge in [0, 0.05) is 56.6 Å². The molecule has 0 saturated heterocycles. The van der Waals surface area contributed by atoms with E-state index in [1.54, 1.807) is 60.9 Å². The van der Waals surface area contributed by atoms with E-state index in [-0.39, 0.29) is 120 Å². The van der Waals surface area contributed by atoms with Crippen LogP contribution in [0.3, 0.4) is 0 Å². The Morgan fingerprint density at radius 3 is 1.06 bits per heavy atom. The van der Waals surface area contributed by atoms with E-state index in [0.717, 1.165) is 26.0 Å². The molecule has 12 aromatic carbocycles. The highest BCUT2D eigenvalue weighted by Crippen LogP contribution is 2.56. The molecule has 0 aliphatic carbocycles. The number of aromatic hydroxyl groups is 4. The third-order valence-corrected chi connectivity index (χ3v) is 25.6. The van der Waals surface area contributed by atoms with Crippen LogP contribution in [0.1, 0.15) is 43.0 Å². The molecule has 0 saturated carbocycles. The summed E-state index contributed by atoms with van der Waals surface area (Å²) in [6.07, 6.45) is 4.76. The van der Waals surface area contributed by atoms with Crippen molar-refractivity contribution in [2.45, 2.75) is 38.3 Å². The second-order valence-corrected chi connectivity index (χ2v) is 38.1. The molecule has 0 unspecified atom stereocenters. The SMILES string of the molecule is Cc1c(C#N)c(O)n(-c2ccc(C(=O)O)cc2)c(=O)c1N=Nc1ccc2cc(S(O)(O)O)c(N=Nc3ccc(N=Nc4ccc(S(O)(O)O)cc4)c4cccnc34)c(O)c2c1.Cc1c(C#N)c(O)n(-c2ccc(C(=O)O)cc2)c(=O)c1N=Nc1ccc2cc(S(O)(O)O)cc(O)c2c1.Nc1ccc(N=Nc2ccc(S(O)(O)O)cc2)c2cccnc12.OS(O)(O)c1ccc(N=Nc2ccc(N=NCl)c3ncccc23)cc1. The molecule has 0 fully saturated rings. The molecule has 47 nitrogen and oxygen atoms in total. The number of rotatable bonds is 22. The Morgan fingerprint density at radius 1 is 0.349 bits per heavy atom. The van der Waals surface area contributed by atoms with Crippen molar-refractivity contribution in [1.82, 2.24) is 24.1 Å². The largest absolute Gasteiger partial charge is 0.507 e. The van der Waals surface area contributed by atoms with Crippen molar-refractivity contribution in [1.29, 1.82) is 10.5 Å². The Bertz CT molecular complexity index is 8470. The Morgan fingerprint density at radius 2 is 0.685 bits per heavy atom. The van der Waals surface area contributed by atoms with Crippen LogP contribution in [0, 0.1) is 36.5 Å². The van der Waals surface area contributed by atoms with Gasteiger partial charge in [0.25, 0.3) is 11.1 Å². The third-order valence-electron chi connectivity index (χ3n) is 21.1. The molecule has 53 heteroatoms. The number of carboxylic acids is 2. The highest BCUT2D eigenvalue weighted by molar-refractivity contribution is 8.20. The number of azo groups is 6. The van der Waals surface area contributed by atoms with E-state index in [1.807, 2.05) is 24.3 Å². The Labute approximate surface area is 833 Å². The van der Waals surface area contributed by atoms with Crippen LogP contribution in [0.15, 0.2) is 372 Å². The molecule has 0 spiro atoms. The zero-order valence-corrected chi connectivity index (χ0v) is 79.2. The fraction of sp³-hybridized carbons (Fsp3) is 0.0215. The van der Waals surface area contributed by atoms with Crippen molar-refractivity contribution in [2.24, 2.45) is 71.1 Å². The van der Waals surface area contributed by atoms with Gasteiger partial charge in [0.15, 0.2) is 17.1 Å². The summed E-state index contributed by atoms with van der Waals surface area (Å²) in [6, 6.07) is 63.0. The number of nitriles is 2. The summed E-state index contributed by atoms with van der Waals surface area (Å²) in [5, 5.41) is 137. The molecule has 146 heavy (non-hydrogen) atoms. The number of anilines is 1. The van der Waals surface area contributed by atoms with Crippen LogP contribution < -0.4 is 16.9 Å². The highest BCUT2D eigenvalue weighted by atomic mass is 35.5. The third kappa shape index (κ3) is 23.9. The van der Waals surface area contributed by atoms with Crippen LogP contribution in [0.4, 0.5) is 79.6 Å². The summed E-state index contributed by atoms with van der Waals surface area (Å²) in [6.45, 7) is 2.79. The lowest BCUT2D eigenvalue weighted by atomic mass is 10.1. The van der Waals surface area contributed by atoms with Crippen LogP contribution in [-0.4, -0.2) is 135 Å². The highest BCUT2D eigenvalue weighted by Gasteiger charge is 2.29. The van der Waals surface area contributed by atoms with Crippen LogP contribution in [-0.2, 0) is 0 Å². The molecule has 17 rings (SSSR count). The lowest BCUT2D eigenvalue weighted by Crippen LogP contribution is -2.20. The number of aromatic nitrogens is 5. The standard InChI is InChI=1S/C39H29N9O11S2.C24H18N4O8S.C15H12ClN5O3S.C15H14N4O3S/c1-20-29(19-40)37(50)48(25-10-5-21(6-11-25)39(52)53)38(51)33(20)46-43-24-7-4-22-17-32(61(57,58)59)35(36(49)28(22)18-24)47-45-31-15-14-30(27-3-2-16-41-34(27)31)44-42-23-8-12-26(13-9-23)60(54,55)56;1-12-19(11-25)22(30)28(16-6-3-13(4-7-16)24(32)33)23(31)21(12)27-26-15-5-2-14-8-17(37(34,35)36)10-20(29)18(14)9-15;16-21-20-14-8-7-13(12-2-1-9-17-15(12)14)19-18-10-3-5-11(6-4-10)25(22,23)24;16-13-7-8-14(12-2-1-9-17-15(12)13)19-18-10-3-5-11(6-4-10)23(20,21)22/h2-18,49-50,54-59H,1H3,(H,52,53);2-10,29-30,34-36H,1H3,(H,32,33);1-9,22-24H;1-9,20-22H,16H2. The van der Waals surface area contributed by atoms with Gasteiger partial charge in [0.05, 0.1) is 126 Å². The maximum atomic E-state index is 13.6. The number of benzene rings is 12. The predicted octanol–water partition coefficient (Wildman–Crippen LogP) is 27.8. The average Bonchev–Trinajstić information content (AvgIpc) is 0.762. The number of phenolic OH excluding ortho intramolecular Hbond substituents is 2. The number of fused-ring (bicyclic) bond motifs is 5. The molecule has 0 bridgehead atoms. The molecule has 5 aromatic heterocycles. The van der Waals surface area contributed by atoms with E-state index in [4.69, 9.17) is 36.3 Å². The van der Waals surface area contributed by atoms with Crippen LogP contribution >= 0.6 is 66.1 Å². The van der Waals surface area contributed by atoms with Gasteiger partial charge in [-0.05, 0) is 261 Å². The predicted molar refractivity (Wildman–Crippen MR) is 545 cm³/mol. The number of halogens is 1. The number of nitrogen functional groups attached to an aromatic ring is 1. The number of aromatic carboxylic acids is 2. The van der Waals surface area contributed by atoms with E-state index in [2.05, 4.69) is 86.1 Å². The van der Waals surface area contributed by atoms with Gasteiger partial charge in [-0.3, -0.25) is 24.5 Å². The smallest absolute Gasteiger partial charge is 0.335 e. The van der Waals surface area contributed by atoms with Gasteiger partial charge in [0.1, 0.15) is 100 Å². The quantitative estimate of drug-likeness (QED) is 0.0221. The van der Waals surface area contributed by atoms with Gasteiger partial charge in [-0.2, -0.15) is 36.1 Å². The maximum absolute atomic E-state index is 13.6. The van der Waals surface area contributed by atoms with Crippen molar-refractivity contribution in [3.05, 3.63) is 321 Å². The topological polar surface area (TPSA) is 788 Å². The van der Waals surface area contributed by atoms with Gasteiger partial charge < -0.3 is 105 Å². The second-order valence-electron chi connectivity index (χ2n) is 30.4. The van der Waals surface area contributed by atoms with E-state index < -0.39 is 106 Å². The van der Waals surface area contributed by atoms with Gasteiger partial charge in [0.2, 0.25) is 11.8 Å². The number of carbonyl (C=O) groups is 2. The molecule has 0 amide bonds. The minimum Gasteiger partial charge on any atom is -0.507 e. The van der Waals surface area contributed by atoms with E-state index in [9.17, 15) is 110 Å². The first-order valence-corrected chi connectivity index (χ1v) is 48.9. The van der Waals surface area contributed by atoms with Crippen LogP contribution in [0.5, 0.6) is 23.3 Å². The molecule has 742 valence electrons. The molecule has 0 aliphatic rings. The normalized spacial score (nSPS) is 12.7. The average molecular weight is 2090 g/mol. The Hall–Kier alpha value is -17.2. The molecule has 5 heterocycles. The van der Waals surface area contributed by atoms with Crippen molar-refractivity contribution in [3.8, 4) is 46.8 Å². The fourth-order valence-corrected chi connectivity index (χ4v) is 16.7. The van der Waals surface area contributed by atoms with E-state index in [1.165, 1.54) is 202 Å². The monoisotopic (exact) mass is 2090 g/mol. The lowest BCUT2D eigenvalue weighted by molar-refractivity contribution is 0.0686. The summed E-state index contributed by atoms with van der Waals surface area (Å²) in [7, 11) is -19.9. The first-order valence-electron chi connectivity index (χ1n) is 41.1. The molecule has 23 N–H and O–H groups in total. The lowest BCUT2D eigenvalue weighted by Gasteiger charge is -2.22. The summed E-state index contributed by atoms with van der Waals surface area (Å²) < 4.78 is 148. The second kappa shape index (κ2) is 43.7. The van der Waals surface area contributed by atoms with E-state index in [0.29, 0.717) is 67.3 Å². The molecule has 0 aliphatic heterocycles. The van der Waals surface area contributed by atoms with Crippen molar-refractivity contribution >= 4 is 212 Å². The molecule has 17 aromatic rings. The number of hydrogen-bond acceptors (Lipinski definition) is 43. The summed E-state index contributed by atoms with van der Waals surface area (Å²) in [5.41, 5.74) is 8.44. The molecular weight excluding hydrogens is 2020 g/mol. The number of nitrogens with two attached hydrogens (primary N) is 1. The first kappa shape index (κ1) is 105. The number of pyridine rings is 5. The van der Waals surface area contributed by atoms with Gasteiger partial charge in [-0.1, -0.05) is 16.8 Å². The zero-order valence-electron chi connectivity index (χ0n) is 74.3.